The maximum Gasteiger partial charge on any atom is 0.407 e. The van der Waals surface area contributed by atoms with E-state index in [9.17, 15) is 9.59 Å². The summed E-state index contributed by atoms with van der Waals surface area (Å²) < 4.78 is 10.7. The van der Waals surface area contributed by atoms with Gasteiger partial charge in [0.2, 0.25) is 0 Å². The second-order valence-corrected chi connectivity index (χ2v) is 6.75. The van der Waals surface area contributed by atoms with Crippen molar-refractivity contribution in [2.45, 2.75) is 33.7 Å². The molecule has 30 heavy (non-hydrogen) atoms. The van der Waals surface area contributed by atoms with Crippen molar-refractivity contribution in [3.63, 3.8) is 0 Å². The van der Waals surface area contributed by atoms with Gasteiger partial charge in [0.1, 0.15) is 11.4 Å². The molecule has 0 aliphatic carbocycles. The van der Waals surface area contributed by atoms with Gasteiger partial charge in [-0.25, -0.2) is 19.6 Å². The number of aromatic nitrogens is 2. The van der Waals surface area contributed by atoms with Crippen molar-refractivity contribution in [2.24, 2.45) is 0 Å². The molecule has 2 heterocycles. The first-order valence-electron chi connectivity index (χ1n) is 10.0. The number of carbonyl (C=O) groups is 1. The van der Waals surface area contributed by atoms with Crippen LogP contribution in [0.25, 0.3) is 11.0 Å². The normalized spacial score (nSPS) is 10.8. The van der Waals surface area contributed by atoms with Gasteiger partial charge in [0, 0.05) is 54.6 Å². The van der Waals surface area contributed by atoms with Crippen molar-refractivity contribution in [1.82, 2.24) is 15.3 Å². The van der Waals surface area contributed by atoms with Gasteiger partial charge in [0.25, 0.3) is 0 Å². The van der Waals surface area contributed by atoms with Gasteiger partial charge in [0.15, 0.2) is 0 Å². The summed E-state index contributed by atoms with van der Waals surface area (Å²) in [6.45, 7) is 8.04. The molecule has 0 unspecified atom stereocenters. The number of anilines is 1. The predicted molar refractivity (Wildman–Crippen MR) is 115 cm³/mol. The van der Waals surface area contributed by atoms with Crippen LogP contribution >= 0.6 is 0 Å². The van der Waals surface area contributed by atoms with Crippen LogP contribution in [-0.2, 0) is 17.7 Å². The van der Waals surface area contributed by atoms with Crippen molar-refractivity contribution in [3.05, 3.63) is 64.0 Å². The molecule has 1 aromatic carbocycles. The quantitative estimate of drug-likeness (QED) is 0.570. The molecule has 0 bridgehead atoms. The van der Waals surface area contributed by atoms with Crippen molar-refractivity contribution in [3.8, 4) is 0 Å². The standard InChI is InChI=1S/C22H26N4O4/c1-4-26(5-2)16-7-8-17-15(3)18(21(27)30-19(17)13-16)9-12-29-22(28)25-14-20-23-10-6-11-24-20/h6-8,10-11,13H,4-5,9,12,14H2,1-3H3,(H,25,28). The Labute approximate surface area is 174 Å². The number of nitrogens with one attached hydrogen (secondary N) is 1. The molecule has 1 N–H and O–H groups in total. The van der Waals surface area contributed by atoms with E-state index in [0.717, 1.165) is 29.7 Å². The second kappa shape index (κ2) is 9.87. The molecule has 0 radical (unpaired) electrons. The number of benzene rings is 1. The highest BCUT2D eigenvalue weighted by atomic mass is 16.5. The number of aryl methyl sites for hydroxylation is 1. The second-order valence-electron chi connectivity index (χ2n) is 6.75. The molecule has 8 nitrogen and oxygen atoms in total. The van der Waals surface area contributed by atoms with Crippen molar-refractivity contribution < 1.29 is 13.9 Å². The van der Waals surface area contributed by atoms with Crippen LogP contribution in [0.15, 0.2) is 45.9 Å². The monoisotopic (exact) mass is 410 g/mol. The number of fused-ring (bicyclic) bond motifs is 1. The molecule has 2 aromatic heterocycles. The third-order valence-electron chi connectivity index (χ3n) is 4.99. The molecule has 0 saturated carbocycles. The molecule has 158 valence electrons. The maximum absolute atomic E-state index is 12.5. The predicted octanol–water partition coefficient (Wildman–Crippen LogP) is 3.21. The molecule has 8 heteroatoms. The number of nitrogens with zero attached hydrogens (tertiary/aromatic N) is 3. The molecule has 0 fully saturated rings. The number of hydrogen-bond donors (Lipinski definition) is 1. The van der Waals surface area contributed by atoms with E-state index in [1.165, 1.54) is 0 Å². The Morgan fingerprint density at radius 1 is 1.20 bits per heavy atom. The zero-order valence-corrected chi connectivity index (χ0v) is 17.5. The summed E-state index contributed by atoms with van der Waals surface area (Å²) in [5.41, 5.74) is 2.53. The average Bonchev–Trinajstić information content (AvgIpc) is 2.76. The minimum absolute atomic E-state index is 0.0656. The lowest BCUT2D eigenvalue weighted by Crippen LogP contribution is -2.26. The Morgan fingerprint density at radius 2 is 1.93 bits per heavy atom. The van der Waals surface area contributed by atoms with Crippen LogP contribution in [0.1, 0.15) is 30.8 Å². The molecule has 0 aliphatic heterocycles. The Hall–Kier alpha value is -3.42. The van der Waals surface area contributed by atoms with Gasteiger partial charge in [-0.2, -0.15) is 0 Å². The Kier molecular flexibility index (Phi) is 7.00. The van der Waals surface area contributed by atoms with Gasteiger partial charge in [-0.3, -0.25) is 0 Å². The molecule has 3 rings (SSSR count). The first-order valence-corrected chi connectivity index (χ1v) is 10.0. The summed E-state index contributed by atoms with van der Waals surface area (Å²) in [5, 5.41) is 3.46. The number of hydrogen-bond acceptors (Lipinski definition) is 7. The van der Waals surface area contributed by atoms with E-state index in [-0.39, 0.29) is 19.6 Å². The minimum Gasteiger partial charge on any atom is -0.449 e. The highest BCUT2D eigenvalue weighted by Gasteiger charge is 2.14. The molecular weight excluding hydrogens is 384 g/mol. The highest BCUT2D eigenvalue weighted by molar-refractivity contribution is 5.84. The fourth-order valence-electron chi connectivity index (χ4n) is 3.33. The van der Waals surface area contributed by atoms with E-state index in [2.05, 4.69) is 34.0 Å². The summed E-state index contributed by atoms with van der Waals surface area (Å²) in [4.78, 5) is 34.6. The maximum atomic E-state index is 12.5. The molecule has 0 saturated heterocycles. The fraction of sp³-hybridized carbons (Fsp3) is 0.364. The molecule has 0 aliphatic rings. The van der Waals surface area contributed by atoms with Crippen LogP contribution in [0.4, 0.5) is 10.5 Å². The number of ether oxygens (including phenoxy) is 1. The van der Waals surface area contributed by atoms with E-state index in [1.54, 1.807) is 18.5 Å². The van der Waals surface area contributed by atoms with Crippen molar-refractivity contribution in [2.75, 3.05) is 24.6 Å². The molecule has 0 spiro atoms. The van der Waals surface area contributed by atoms with Crippen LogP contribution in [0.2, 0.25) is 0 Å². The fourth-order valence-corrected chi connectivity index (χ4v) is 3.33. The SMILES string of the molecule is CCN(CC)c1ccc2c(C)c(CCOC(=O)NCc3ncccn3)c(=O)oc2c1. The van der Waals surface area contributed by atoms with Crippen molar-refractivity contribution >= 4 is 22.7 Å². The van der Waals surface area contributed by atoms with Gasteiger partial charge in [0.05, 0.1) is 13.2 Å². The average molecular weight is 410 g/mol. The van der Waals surface area contributed by atoms with Crippen LogP contribution < -0.4 is 15.8 Å². The van der Waals surface area contributed by atoms with E-state index >= 15 is 0 Å². The van der Waals surface area contributed by atoms with Crippen LogP contribution in [0.3, 0.4) is 0 Å². The van der Waals surface area contributed by atoms with Gasteiger partial charge < -0.3 is 19.4 Å². The van der Waals surface area contributed by atoms with E-state index in [4.69, 9.17) is 9.15 Å². The van der Waals surface area contributed by atoms with Crippen molar-refractivity contribution in [1.29, 1.82) is 0 Å². The Bertz CT molecular complexity index is 1060. The van der Waals surface area contributed by atoms with E-state index in [1.807, 2.05) is 25.1 Å². The lowest BCUT2D eigenvalue weighted by atomic mass is 10.0. The number of rotatable bonds is 8. The zero-order chi connectivity index (χ0) is 21.5. The number of alkyl carbamates (subject to hydrolysis) is 1. The Morgan fingerprint density at radius 3 is 2.63 bits per heavy atom. The van der Waals surface area contributed by atoms with Crippen LogP contribution in [0, 0.1) is 6.92 Å². The smallest absolute Gasteiger partial charge is 0.407 e. The molecule has 1 amide bonds. The highest BCUT2D eigenvalue weighted by Crippen LogP contribution is 2.25. The lowest BCUT2D eigenvalue weighted by Gasteiger charge is -2.21. The third kappa shape index (κ3) is 4.94. The number of amides is 1. The first kappa shape index (κ1) is 21.3. The third-order valence-corrected chi connectivity index (χ3v) is 4.99. The molecule has 0 atom stereocenters. The summed E-state index contributed by atoms with van der Waals surface area (Å²) in [6, 6.07) is 7.60. The van der Waals surface area contributed by atoms with Crippen LogP contribution in [-0.4, -0.2) is 35.8 Å². The number of carbonyl (C=O) groups excluding carboxylic acids is 1. The summed E-state index contributed by atoms with van der Waals surface area (Å²) >= 11 is 0. The van der Waals surface area contributed by atoms with Crippen LogP contribution in [0.5, 0.6) is 0 Å². The summed E-state index contributed by atoms with van der Waals surface area (Å²) in [6.07, 6.45) is 2.88. The minimum atomic E-state index is -0.589. The topological polar surface area (TPSA) is 97.6 Å². The summed E-state index contributed by atoms with van der Waals surface area (Å²) in [5.74, 6) is 0.490. The first-order chi connectivity index (χ1) is 14.5. The van der Waals surface area contributed by atoms with Gasteiger partial charge in [-0.05, 0) is 44.5 Å². The van der Waals surface area contributed by atoms with Gasteiger partial charge in [-0.15, -0.1) is 0 Å². The van der Waals surface area contributed by atoms with Gasteiger partial charge >= 0.3 is 11.7 Å². The van der Waals surface area contributed by atoms with E-state index < -0.39 is 11.7 Å². The largest absolute Gasteiger partial charge is 0.449 e. The summed E-state index contributed by atoms with van der Waals surface area (Å²) in [7, 11) is 0. The molecular formula is C22H26N4O4. The molecule has 3 aromatic rings. The Balaban J connectivity index is 1.65. The van der Waals surface area contributed by atoms with Gasteiger partial charge in [-0.1, -0.05) is 0 Å². The zero-order valence-electron chi connectivity index (χ0n) is 17.5. The van der Waals surface area contributed by atoms with E-state index in [0.29, 0.717) is 17.0 Å². The lowest BCUT2D eigenvalue weighted by molar-refractivity contribution is 0.146.